The molecule has 0 aromatic heterocycles. The molecule has 1 aromatic carbocycles. The Morgan fingerprint density at radius 1 is 1.24 bits per heavy atom. The highest BCUT2D eigenvalue weighted by molar-refractivity contribution is 7.51. The first-order valence-electron chi connectivity index (χ1n) is 10.0. The van der Waals surface area contributed by atoms with Gasteiger partial charge in [0.1, 0.15) is 6.10 Å². The van der Waals surface area contributed by atoms with Crippen LogP contribution >= 0.6 is 7.60 Å². The molecule has 5 atom stereocenters. The van der Waals surface area contributed by atoms with Crippen molar-refractivity contribution < 1.29 is 52.5 Å². The number of hydrogen-bond donors (Lipinski definition) is 3. The van der Waals surface area contributed by atoms with Crippen molar-refractivity contribution in [1.82, 2.24) is 5.32 Å². The fraction of sp³-hybridized carbons (Fsp3) is 0.500. The van der Waals surface area contributed by atoms with Crippen LogP contribution in [0.3, 0.4) is 0 Å². The highest BCUT2D eigenvalue weighted by Gasteiger charge is 2.63. The molecule has 2 fully saturated rings. The number of piperidine rings is 1. The Morgan fingerprint density at radius 2 is 1.91 bits per heavy atom. The molecule has 2 heterocycles. The van der Waals surface area contributed by atoms with E-state index in [4.69, 9.17) is 18.9 Å². The van der Waals surface area contributed by atoms with Crippen molar-refractivity contribution in [2.45, 2.75) is 50.8 Å². The average Bonchev–Trinajstić information content (AvgIpc) is 2.98. The first kappa shape index (κ1) is 25.0. The Labute approximate surface area is 188 Å². The van der Waals surface area contributed by atoms with E-state index in [9.17, 15) is 33.5 Å². The summed E-state index contributed by atoms with van der Waals surface area (Å²) < 4.78 is 33.3. The second-order valence-corrected chi connectivity index (χ2v) is 9.50. The molecule has 0 saturated carbocycles. The minimum atomic E-state index is -4.64. The normalized spacial score (nSPS) is 29.9. The Hall–Kier alpha value is -2.63. The number of carbonyl (C=O) groups is 4. The predicted molar refractivity (Wildman–Crippen MR) is 108 cm³/mol. The van der Waals surface area contributed by atoms with E-state index in [2.05, 4.69) is 5.32 Å². The molecular formula is C20H24NO11P. The Morgan fingerprint density at radius 3 is 2.48 bits per heavy atom. The van der Waals surface area contributed by atoms with Gasteiger partial charge >= 0.3 is 19.5 Å². The van der Waals surface area contributed by atoms with Crippen LogP contribution in [0.25, 0.3) is 0 Å². The van der Waals surface area contributed by atoms with Crippen molar-refractivity contribution in [1.29, 1.82) is 0 Å². The topological polar surface area (TPSA) is 175 Å². The summed E-state index contributed by atoms with van der Waals surface area (Å²) in [6.45, 7) is 2.45. The lowest BCUT2D eigenvalue weighted by Gasteiger charge is -2.37. The summed E-state index contributed by atoms with van der Waals surface area (Å²) >= 11 is 0. The Bertz CT molecular complexity index is 977. The van der Waals surface area contributed by atoms with Crippen LogP contribution in [-0.2, 0) is 37.9 Å². The highest BCUT2D eigenvalue weighted by atomic mass is 31.2. The zero-order chi connectivity index (χ0) is 24.4. The molecule has 13 heteroatoms. The zero-order valence-corrected chi connectivity index (χ0v) is 18.7. The molecule has 1 aromatic rings. The Balaban J connectivity index is 1.99. The van der Waals surface area contributed by atoms with E-state index in [1.54, 1.807) is 18.2 Å². The van der Waals surface area contributed by atoms with Gasteiger partial charge in [-0.25, -0.2) is 4.79 Å². The van der Waals surface area contributed by atoms with E-state index in [0.29, 0.717) is 0 Å². The SMILES string of the molecule is CC(=O)OC1[C@@H](OCP(=O)(O)O)O[C@@H](C2CCC(=O)NC2=O)[C@]1(C)OC(=O)c1ccccc1. The fourth-order valence-electron chi connectivity index (χ4n) is 3.87. The van der Waals surface area contributed by atoms with Crippen LogP contribution in [0.5, 0.6) is 0 Å². The maximum Gasteiger partial charge on any atom is 0.351 e. The quantitative estimate of drug-likeness (QED) is 0.278. The molecule has 2 saturated heterocycles. The number of nitrogens with one attached hydrogen (secondary N) is 1. The van der Waals surface area contributed by atoms with Crippen LogP contribution in [-0.4, -0.2) is 64.0 Å². The van der Waals surface area contributed by atoms with Crippen molar-refractivity contribution in [3.8, 4) is 0 Å². The van der Waals surface area contributed by atoms with Crippen molar-refractivity contribution in [3.63, 3.8) is 0 Å². The van der Waals surface area contributed by atoms with E-state index >= 15 is 0 Å². The molecule has 2 aliphatic rings. The third-order valence-electron chi connectivity index (χ3n) is 5.33. The third-order valence-corrected chi connectivity index (χ3v) is 5.81. The average molecular weight is 485 g/mol. The number of imide groups is 1. The molecule has 3 rings (SSSR count). The molecule has 2 aliphatic heterocycles. The van der Waals surface area contributed by atoms with E-state index in [1.807, 2.05) is 0 Å². The van der Waals surface area contributed by atoms with Gasteiger partial charge in [-0.05, 0) is 25.5 Å². The molecule has 33 heavy (non-hydrogen) atoms. The van der Waals surface area contributed by atoms with Crippen molar-refractivity contribution in [3.05, 3.63) is 35.9 Å². The van der Waals surface area contributed by atoms with Crippen LogP contribution in [0.1, 0.15) is 37.0 Å². The molecular weight excluding hydrogens is 461 g/mol. The second kappa shape index (κ2) is 9.70. The zero-order valence-electron chi connectivity index (χ0n) is 17.8. The number of ether oxygens (including phenoxy) is 4. The minimum Gasteiger partial charge on any atom is -0.453 e. The van der Waals surface area contributed by atoms with Crippen molar-refractivity contribution in [2.75, 3.05) is 6.35 Å². The summed E-state index contributed by atoms with van der Waals surface area (Å²) in [6, 6.07) is 7.89. The summed E-state index contributed by atoms with van der Waals surface area (Å²) in [5.74, 6) is -3.79. The van der Waals surface area contributed by atoms with E-state index in [0.717, 1.165) is 6.92 Å². The summed E-state index contributed by atoms with van der Waals surface area (Å²) in [7, 11) is -4.64. The molecule has 0 aliphatic carbocycles. The van der Waals surface area contributed by atoms with Gasteiger partial charge in [-0.3, -0.25) is 24.3 Å². The number of amides is 2. The summed E-state index contributed by atoms with van der Waals surface area (Å²) in [5.41, 5.74) is -1.64. The standard InChI is InChI=1S/C20H24NO11P/c1-11(22)30-16-19(29-10-33(26,27)28)31-15(13-8-9-14(23)21-17(13)24)20(16,2)32-18(25)12-6-4-3-5-7-12/h3-7,13,15-16,19H,8-10H2,1-2H3,(H,21,23,24)(H2,26,27,28)/t13?,15-,16?,19-,20-/m0/s1. The summed E-state index contributed by atoms with van der Waals surface area (Å²) in [6.07, 6.45) is -5.32. The van der Waals surface area contributed by atoms with Crippen LogP contribution < -0.4 is 5.32 Å². The largest absolute Gasteiger partial charge is 0.453 e. The molecule has 180 valence electrons. The van der Waals surface area contributed by atoms with Gasteiger partial charge in [0.2, 0.25) is 11.8 Å². The molecule has 0 bridgehead atoms. The monoisotopic (exact) mass is 485 g/mol. The number of esters is 2. The first-order valence-corrected chi connectivity index (χ1v) is 11.8. The second-order valence-electron chi connectivity index (χ2n) is 7.91. The number of hydrogen-bond acceptors (Lipinski definition) is 9. The molecule has 0 spiro atoms. The summed E-state index contributed by atoms with van der Waals surface area (Å²) in [5, 5.41) is 2.18. The maximum absolute atomic E-state index is 12.9. The maximum atomic E-state index is 12.9. The van der Waals surface area contributed by atoms with E-state index in [-0.39, 0.29) is 18.4 Å². The van der Waals surface area contributed by atoms with Crippen LogP contribution in [0, 0.1) is 5.92 Å². The summed E-state index contributed by atoms with van der Waals surface area (Å²) in [4.78, 5) is 67.3. The van der Waals surface area contributed by atoms with Crippen LogP contribution in [0.15, 0.2) is 30.3 Å². The first-order chi connectivity index (χ1) is 15.4. The molecule has 3 N–H and O–H groups in total. The van der Waals surface area contributed by atoms with Crippen molar-refractivity contribution in [2.24, 2.45) is 5.92 Å². The van der Waals surface area contributed by atoms with E-state index in [1.165, 1.54) is 19.1 Å². The van der Waals surface area contributed by atoms with Gasteiger partial charge in [0, 0.05) is 13.3 Å². The predicted octanol–water partition coefficient (Wildman–Crippen LogP) is 0.463. The third kappa shape index (κ3) is 5.84. The van der Waals surface area contributed by atoms with E-state index < -0.39 is 67.7 Å². The molecule has 2 amide bonds. The lowest BCUT2D eigenvalue weighted by molar-refractivity contribution is -0.186. The molecule has 12 nitrogen and oxygen atoms in total. The Kier molecular flexibility index (Phi) is 7.35. The van der Waals surface area contributed by atoms with Gasteiger partial charge in [0.25, 0.3) is 0 Å². The lowest BCUT2D eigenvalue weighted by atomic mass is 9.81. The number of carbonyl (C=O) groups excluding carboxylic acids is 4. The van der Waals surface area contributed by atoms with Gasteiger partial charge in [-0.2, -0.15) is 0 Å². The lowest BCUT2D eigenvalue weighted by Crippen LogP contribution is -2.57. The minimum absolute atomic E-state index is 0.00871. The fourth-order valence-corrected chi connectivity index (χ4v) is 4.22. The highest BCUT2D eigenvalue weighted by Crippen LogP contribution is 2.44. The van der Waals surface area contributed by atoms with Gasteiger partial charge in [-0.1, -0.05) is 18.2 Å². The van der Waals surface area contributed by atoms with Crippen molar-refractivity contribution >= 4 is 31.3 Å². The van der Waals surface area contributed by atoms with Gasteiger partial charge < -0.3 is 28.7 Å². The smallest absolute Gasteiger partial charge is 0.351 e. The molecule has 2 unspecified atom stereocenters. The number of benzene rings is 1. The van der Waals surface area contributed by atoms with Crippen LogP contribution in [0.4, 0.5) is 0 Å². The van der Waals surface area contributed by atoms with Gasteiger partial charge in [0.15, 0.2) is 24.3 Å². The van der Waals surface area contributed by atoms with Crippen LogP contribution in [0.2, 0.25) is 0 Å². The van der Waals surface area contributed by atoms with Gasteiger partial charge in [0.05, 0.1) is 11.5 Å². The molecule has 0 radical (unpaired) electrons. The number of rotatable bonds is 7. The van der Waals surface area contributed by atoms with Gasteiger partial charge in [-0.15, -0.1) is 0 Å².